The standard InChI is InChI=1S/C18H23N3O5S/c1-13-4-6-15(27(23,24)19-2)10-16(13)18(22)21-12-14-5-7-17(20-11-14)26-9-8-25-3/h4-7,10-11,19H,8-9,12H2,1-3H3,(H,21,22). The summed E-state index contributed by atoms with van der Waals surface area (Å²) in [7, 11) is -0.700. The minimum Gasteiger partial charge on any atom is -0.475 e. The van der Waals surface area contributed by atoms with Gasteiger partial charge in [0.2, 0.25) is 15.9 Å². The molecule has 1 heterocycles. The van der Waals surface area contributed by atoms with Gasteiger partial charge in [-0.25, -0.2) is 18.1 Å². The van der Waals surface area contributed by atoms with Crippen LogP contribution in [0.2, 0.25) is 0 Å². The number of aromatic nitrogens is 1. The van der Waals surface area contributed by atoms with Crippen molar-refractivity contribution in [2.24, 2.45) is 0 Å². The first kappa shape index (κ1) is 20.8. The number of carbonyl (C=O) groups is 1. The third-order valence-electron chi connectivity index (χ3n) is 3.82. The van der Waals surface area contributed by atoms with E-state index >= 15 is 0 Å². The highest BCUT2D eigenvalue weighted by atomic mass is 32.2. The van der Waals surface area contributed by atoms with Gasteiger partial charge in [0.05, 0.1) is 11.5 Å². The van der Waals surface area contributed by atoms with Crippen molar-refractivity contribution in [3.63, 3.8) is 0 Å². The van der Waals surface area contributed by atoms with Crippen molar-refractivity contribution < 1.29 is 22.7 Å². The molecule has 0 atom stereocenters. The predicted octanol–water partition coefficient (Wildman–Crippen LogP) is 1.25. The quantitative estimate of drug-likeness (QED) is 0.621. The second-order valence-corrected chi connectivity index (χ2v) is 7.60. The summed E-state index contributed by atoms with van der Waals surface area (Å²) in [5.74, 6) is 0.115. The monoisotopic (exact) mass is 393 g/mol. The molecule has 0 unspecified atom stereocenters. The van der Waals surface area contributed by atoms with E-state index in [4.69, 9.17) is 9.47 Å². The average molecular weight is 393 g/mol. The van der Waals surface area contributed by atoms with Gasteiger partial charge in [0.25, 0.3) is 5.91 Å². The maximum Gasteiger partial charge on any atom is 0.251 e. The summed E-state index contributed by atoms with van der Waals surface area (Å²) in [6, 6.07) is 7.94. The molecule has 0 aliphatic rings. The molecule has 2 aromatic rings. The Morgan fingerprint density at radius 1 is 1.19 bits per heavy atom. The number of aryl methyl sites for hydroxylation is 1. The van der Waals surface area contributed by atoms with Crippen molar-refractivity contribution in [2.75, 3.05) is 27.4 Å². The van der Waals surface area contributed by atoms with Crippen LogP contribution in [0.1, 0.15) is 21.5 Å². The molecule has 9 heteroatoms. The predicted molar refractivity (Wildman–Crippen MR) is 100 cm³/mol. The zero-order valence-electron chi connectivity index (χ0n) is 15.5. The summed E-state index contributed by atoms with van der Waals surface area (Å²) in [6.45, 7) is 2.89. The first-order valence-electron chi connectivity index (χ1n) is 8.26. The van der Waals surface area contributed by atoms with E-state index in [1.54, 1.807) is 38.4 Å². The number of sulfonamides is 1. The van der Waals surface area contributed by atoms with Crippen molar-refractivity contribution in [3.8, 4) is 5.88 Å². The summed E-state index contributed by atoms with van der Waals surface area (Å²) >= 11 is 0. The fourth-order valence-electron chi connectivity index (χ4n) is 2.24. The Balaban J connectivity index is 2.02. The third kappa shape index (κ3) is 5.75. The Kier molecular flexibility index (Phi) is 7.28. The zero-order chi connectivity index (χ0) is 19.9. The number of carbonyl (C=O) groups excluding carboxylic acids is 1. The number of nitrogens with one attached hydrogen (secondary N) is 2. The molecule has 27 heavy (non-hydrogen) atoms. The zero-order valence-corrected chi connectivity index (χ0v) is 16.3. The molecule has 1 amide bonds. The Morgan fingerprint density at radius 3 is 2.59 bits per heavy atom. The maximum absolute atomic E-state index is 12.5. The molecule has 0 aliphatic carbocycles. The number of ether oxygens (including phenoxy) is 2. The molecular weight excluding hydrogens is 370 g/mol. The fourth-order valence-corrected chi connectivity index (χ4v) is 2.99. The van der Waals surface area contributed by atoms with E-state index < -0.39 is 10.0 Å². The molecular formula is C18H23N3O5S. The van der Waals surface area contributed by atoms with Crippen LogP contribution in [0.4, 0.5) is 0 Å². The number of rotatable bonds is 9. The normalized spacial score (nSPS) is 11.2. The number of hydrogen-bond acceptors (Lipinski definition) is 6. The molecule has 0 saturated carbocycles. The van der Waals surface area contributed by atoms with Crippen LogP contribution < -0.4 is 14.8 Å². The van der Waals surface area contributed by atoms with Gasteiger partial charge in [0, 0.05) is 31.5 Å². The average Bonchev–Trinajstić information content (AvgIpc) is 2.67. The van der Waals surface area contributed by atoms with E-state index in [2.05, 4.69) is 15.0 Å². The minimum atomic E-state index is -3.62. The van der Waals surface area contributed by atoms with Crippen LogP contribution in [0.3, 0.4) is 0 Å². The Labute approximate surface area is 159 Å². The maximum atomic E-state index is 12.5. The van der Waals surface area contributed by atoms with Crippen LogP contribution in [-0.4, -0.2) is 46.7 Å². The lowest BCUT2D eigenvalue weighted by atomic mass is 10.1. The first-order valence-corrected chi connectivity index (χ1v) is 9.74. The van der Waals surface area contributed by atoms with Gasteiger partial charge < -0.3 is 14.8 Å². The van der Waals surface area contributed by atoms with Gasteiger partial charge in [0.15, 0.2) is 0 Å². The van der Waals surface area contributed by atoms with Crippen LogP contribution >= 0.6 is 0 Å². The van der Waals surface area contributed by atoms with Crippen LogP contribution in [0.5, 0.6) is 5.88 Å². The minimum absolute atomic E-state index is 0.0416. The second-order valence-electron chi connectivity index (χ2n) is 5.71. The molecule has 1 aromatic heterocycles. The Bertz CT molecular complexity index is 882. The van der Waals surface area contributed by atoms with Crippen LogP contribution in [0, 0.1) is 6.92 Å². The number of hydrogen-bond donors (Lipinski definition) is 2. The molecule has 0 radical (unpaired) electrons. The summed E-state index contributed by atoms with van der Waals surface area (Å²) < 4.78 is 36.4. The Morgan fingerprint density at radius 2 is 1.96 bits per heavy atom. The smallest absolute Gasteiger partial charge is 0.251 e. The highest BCUT2D eigenvalue weighted by molar-refractivity contribution is 7.89. The summed E-state index contributed by atoms with van der Waals surface area (Å²) in [5.41, 5.74) is 1.78. The van der Waals surface area contributed by atoms with Gasteiger partial charge in [0.1, 0.15) is 6.61 Å². The lowest BCUT2D eigenvalue weighted by molar-refractivity contribution is 0.0950. The van der Waals surface area contributed by atoms with Gasteiger partial charge >= 0.3 is 0 Å². The fraction of sp³-hybridized carbons (Fsp3) is 0.333. The first-order chi connectivity index (χ1) is 12.9. The van der Waals surface area contributed by atoms with Gasteiger partial charge in [-0.15, -0.1) is 0 Å². The summed E-state index contributed by atoms with van der Waals surface area (Å²) in [6.07, 6.45) is 1.61. The van der Waals surface area contributed by atoms with Crippen LogP contribution in [0.25, 0.3) is 0 Å². The number of nitrogens with zero attached hydrogens (tertiary/aromatic N) is 1. The number of amides is 1. The molecule has 0 aliphatic heterocycles. The van der Waals surface area contributed by atoms with Gasteiger partial charge in [-0.05, 0) is 37.2 Å². The van der Waals surface area contributed by atoms with Gasteiger partial charge in [-0.3, -0.25) is 4.79 Å². The molecule has 1 aromatic carbocycles. The lowest BCUT2D eigenvalue weighted by Gasteiger charge is -2.10. The number of benzene rings is 1. The molecule has 0 saturated heterocycles. The van der Waals surface area contributed by atoms with Crippen molar-refractivity contribution >= 4 is 15.9 Å². The van der Waals surface area contributed by atoms with Crippen molar-refractivity contribution in [3.05, 3.63) is 53.2 Å². The summed E-state index contributed by atoms with van der Waals surface area (Å²) in [5, 5.41) is 2.77. The SMILES string of the molecule is CNS(=O)(=O)c1ccc(C)c(C(=O)NCc2ccc(OCCOC)nc2)c1. The van der Waals surface area contributed by atoms with E-state index in [9.17, 15) is 13.2 Å². The van der Waals surface area contributed by atoms with Crippen molar-refractivity contribution in [1.29, 1.82) is 0 Å². The molecule has 0 fully saturated rings. The molecule has 0 spiro atoms. The van der Waals surface area contributed by atoms with E-state index in [1.165, 1.54) is 19.2 Å². The number of methoxy groups -OCH3 is 1. The molecule has 146 valence electrons. The largest absolute Gasteiger partial charge is 0.475 e. The Hall–Kier alpha value is -2.49. The lowest BCUT2D eigenvalue weighted by Crippen LogP contribution is -2.25. The van der Waals surface area contributed by atoms with Gasteiger partial charge in [-0.2, -0.15) is 0 Å². The molecule has 8 nitrogen and oxygen atoms in total. The highest BCUT2D eigenvalue weighted by Crippen LogP contribution is 2.16. The summed E-state index contributed by atoms with van der Waals surface area (Å²) in [4.78, 5) is 16.7. The third-order valence-corrected chi connectivity index (χ3v) is 5.23. The van der Waals surface area contributed by atoms with Crippen LogP contribution in [0.15, 0.2) is 41.4 Å². The topological polar surface area (TPSA) is 107 Å². The highest BCUT2D eigenvalue weighted by Gasteiger charge is 2.16. The van der Waals surface area contributed by atoms with Crippen molar-refractivity contribution in [1.82, 2.24) is 15.0 Å². The van der Waals surface area contributed by atoms with Crippen LogP contribution in [-0.2, 0) is 21.3 Å². The van der Waals surface area contributed by atoms with E-state index in [0.29, 0.717) is 30.2 Å². The molecule has 2 rings (SSSR count). The van der Waals surface area contributed by atoms with Gasteiger partial charge in [-0.1, -0.05) is 12.1 Å². The number of pyridine rings is 1. The van der Waals surface area contributed by atoms with E-state index in [1.807, 2.05) is 0 Å². The van der Waals surface area contributed by atoms with E-state index in [-0.39, 0.29) is 17.3 Å². The van der Waals surface area contributed by atoms with E-state index in [0.717, 1.165) is 5.56 Å². The second kappa shape index (κ2) is 9.45. The molecule has 0 bridgehead atoms. The molecule has 2 N–H and O–H groups in total. The van der Waals surface area contributed by atoms with Crippen molar-refractivity contribution in [2.45, 2.75) is 18.4 Å².